The third-order valence-corrected chi connectivity index (χ3v) is 6.08. The van der Waals surface area contributed by atoms with E-state index in [1.807, 2.05) is 0 Å². The SMILES string of the molecule is CC1C=CC(C)C2C(C)C(C)C(C)C(C)C12. The second kappa shape index (κ2) is 4.20. The van der Waals surface area contributed by atoms with Crippen LogP contribution < -0.4 is 0 Å². The van der Waals surface area contributed by atoms with Gasteiger partial charge in [0.25, 0.3) is 0 Å². The molecular formula is C16H28. The third kappa shape index (κ3) is 1.65. The summed E-state index contributed by atoms with van der Waals surface area (Å²) in [6, 6.07) is 0. The van der Waals surface area contributed by atoms with Crippen molar-refractivity contribution in [2.75, 3.05) is 0 Å². The average molecular weight is 220 g/mol. The molecule has 0 aromatic heterocycles. The largest absolute Gasteiger partial charge is 0.0851 e. The van der Waals surface area contributed by atoms with Gasteiger partial charge in [0.2, 0.25) is 0 Å². The van der Waals surface area contributed by atoms with Crippen molar-refractivity contribution in [3.63, 3.8) is 0 Å². The molecule has 2 aliphatic carbocycles. The highest BCUT2D eigenvalue weighted by molar-refractivity contribution is 5.08. The molecule has 2 rings (SSSR count). The highest BCUT2D eigenvalue weighted by atomic mass is 14.5. The lowest BCUT2D eigenvalue weighted by Gasteiger charge is -2.53. The fraction of sp³-hybridized carbons (Fsp3) is 0.875. The monoisotopic (exact) mass is 220 g/mol. The Bertz CT molecular complexity index is 250. The molecule has 8 unspecified atom stereocenters. The standard InChI is InChI=1S/C16H28/c1-9-7-8-10(2)16-14(6)12(4)11(3)13(5)15(9)16/h7-16H,1-6H3. The molecule has 0 amide bonds. The maximum absolute atomic E-state index is 2.49. The molecule has 0 aliphatic heterocycles. The topological polar surface area (TPSA) is 0 Å². The Morgan fingerprint density at radius 2 is 0.812 bits per heavy atom. The van der Waals surface area contributed by atoms with Gasteiger partial charge in [0.1, 0.15) is 0 Å². The normalized spacial score (nSPS) is 57.1. The molecule has 0 aromatic carbocycles. The van der Waals surface area contributed by atoms with Crippen LogP contribution in [0.15, 0.2) is 12.2 Å². The van der Waals surface area contributed by atoms with Gasteiger partial charge in [0, 0.05) is 0 Å². The van der Waals surface area contributed by atoms with Gasteiger partial charge in [0.15, 0.2) is 0 Å². The van der Waals surface area contributed by atoms with Gasteiger partial charge in [-0.15, -0.1) is 0 Å². The van der Waals surface area contributed by atoms with Crippen LogP contribution in [0.25, 0.3) is 0 Å². The zero-order valence-corrected chi connectivity index (χ0v) is 11.8. The molecule has 2 aliphatic rings. The molecule has 0 aromatic rings. The summed E-state index contributed by atoms with van der Waals surface area (Å²) in [5.74, 6) is 6.96. The summed E-state index contributed by atoms with van der Waals surface area (Å²) < 4.78 is 0. The summed E-state index contributed by atoms with van der Waals surface area (Å²) in [7, 11) is 0. The Balaban J connectivity index is 2.34. The Hall–Kier alpha value is -0.260. The van der Waals surface area contributed by atoms with Crippen molar-refractivity contribution in [1.29, 1.82) is 0 Å². The molecule has 0 heterocycles. The first-order valence-electron chi connectivity index (χ1n) is 7.13. The molecule has 8 atom stereocenters. The first-order chi connectivity index (χ1) is 7.45. The van der Waals surface area contributed by atoms with Crippen LogP contribution in [0.4, 0.5) is 0 Å². The van der Waals surface area contributed by atoms with Crippen molar-refractivity contribution in [2.24, 2.45) is 47.3 Å². The van der Waals surface area contributed by atoms with E-state index in [1.54, 1.807) is 0 Å². The minimum Gasteiger partial charge on any atom is -0.0851 e. The van der Waals surface area contributed by atoms with Crippen LogP contribution >= 0.6 is 0 Å². The van der Waals surface area contributed by atoms with Gasteiger partial charge in [-0.05, 0) is 47.3 Å². The molecule has 1 fully saturated rings. The summed E-state index contributed by atoms with van der Waals surface area (Å²) in [5.41, 5.74) is 0. The van der Waals surface area contributed by atoms with Crippen LogP contribution in [-0.2, 0) is 0 Å². The predicted molar refractivity (Wildman–Crippen MR) is 71.1 cm³/mol. The molecule has 0 saturated heterocycles. The van der Waals surface area contributed by atoms with Crippen molar-refractivity contribution >= 4 is 0 Å². The van der Waals surface area contributed by atoms with E-state index in [1.165, 1.54) is 0 Å². The van der Waals surface area contributed by atoms with E-state index < -0.39 is 0 Å². The zero-order chi connectivity index (χ0) is 12.0. The lowest BCUT2D eigenvalue weighted by atomic mass is 9.52. The van der Waals surface area contributed by atoms with Crippen LogP contribution in [0, 0.1) is 47.3 Å². The number of fused-ring (bicyclic) bond motifs is 1. The van der Waals surface area contributed by atoms with Gasteiger partial charge in [0.05, 0.1) is 0 Å². The minimum absolute atomic E-state index is 0.786. The van der Waals surface area contributed by atoms with Gasteiger partial charge in [-0.3, -0.25) is 0 Å². The van der Waals surface area contributed by atoms with Crippen molar-refractivity contribution < 1.29 is 0 Å². The number of allylic oxidation sites excluding steroid dienone is 2. The number of rotatable bonds is 0. The van der Waals surface area contributed by atoms with E-state index in [0.717, 1.165) is 47.3 Å². The summed E-state index contributed by atoms with van der Waals surface area (Å²) in [5, 5.41) is 0. The second-order valence-corrected chi connectivity index (χ2v) is 6.69. The van der Waals surface area contributed by atoms with E-state index in [2.05, 4.69) is 53.7 Å². The maximum Gasteiger partial charge on any atom is -0.0228 e. The predicted octanol–water partition coefficient (Wildman–Crippen LogP) is 4.62. The molecule has 0 bridgehead atoms. The van der Waals surface area contributed by atoms with Crippen LogP contribution in [0.5, 0.6) is 0 Å². The fourth-order valence-electron chi connectivity index (χ4n) is 4.63. The lowest BCUT2D eigenvalue weighted by molar-refractivity contribution is -0.0295. The molecular weight excluding hydrogens is 192 g/mol. The van der Waals surface area contributed by atoms with E-state index >= 15 is 0 Å². The quantitative estimate of drug-likeness (QED) is 0.523. The summed E-state index contributed by atoms with van der Waals surface area (Å²) in [6.45, 7) is 14.8. The minimum atomic E-state index is 0.786. The van der Waals surface area contributed by atoms with E-state index in [9.17, 15) is 0 Å². The molecule has 0 radical (unpaired) electrons. The summed E-state index contributed by atoms with van der Waals surface area (Å²) >= 11 is 0. The van der Waals surface area contributed by atoms with E-state index in [-0.39, 0.29) is 0 Å². The van der Waals surface area contributed by atoms with Crippen LogP contribution in [-0.4, -0.2) is 0 Å². The Labute approximate surface area is 102 Å². The number of hydrogen-bond donors (Lipinski definition) is 0. The Kier molecular flexibility index (Phi) is 3.20. The van der Waals surface area contributed by atoms with Crippen LogP contribution in [0.1, 0.15) is 41.5 Å². The maximum atomic E-state index is 2.49. The van der Waals surface area contributed by atoms with E-state index in [0.29, 0.717) is 0 Å². The van der Waals surface area contributed by atoms with Crippen molar-refractivity contribution in [3.8, 4) is 0 Å². The molecule has 0 heteroatoms. The highest BCUT2D eigenvalue weighted by Crippen LogP contribution is 2.53. The Morgan fingerprint density at radius 3 is 1.12 bits per heavy atom. The summed E-state index contributed by atoms with van der Waals surface area (Å²) in [4.78, 5) is 0. The first-order valence-corrected chi connectivity index (χ1v) is 7.13. The van der Waals surface area contributed by atoms with Crippen molar-refractivity contribution in [1.82, 2.24) is 0 Å². The molecule has 92 valence electrons. The molecule has 0 N–H and O–H groups in total. The van der Waals surface area contributed by atoms with Crippen molar-refractivity contribution in [2.45, 2.75) is 41.5 Å². The van der Waals surface area contributed by atoms with Crippen LogP contribution in [0.3, 0.4) is 0 Å². The third-order valence-electron chi connectivity index (χ3n) is 6.08. The first kappa shape index (κ1) is 12.2. The van der Waals surface area contributed by atoms with E-state index in [4.69, 9.17) is 0 Å². The fourth-order valence-corrected chi connectivity index (χ4v) is 4.63. The van der Waals surface area contributed by atoms with Gasteiger partial charge in [-0.2, -0.15) is 0 Å². The second-order valence-electron chi connectivity index (χ2n) is 6.69. The van der Waals surface area contributed by atoms with Gasteiger partial charge >= 0.3 is 0 Å². The van der Waals surface area contributed by atoms with Gasteiger partial charge in [-0.1, -0.05) is 53.7 Å². The highest BCUT2D eigenvalue weighted by Gasteiger charge is 2.47. The molecule has 0 spiro atoms. The lowest BCUT2D eigenvalue weighted by Crippen LogP contribution is -2.48. The van der Waals surface area contributed by atoms with Crippen LogP contribution in [0.2, 0.25) is 0 Å². The zero-order valence-electron chi connectivity index (χ0n) is 11.8. The Morgan fingerprint density at radius 1 is 0.500 bits per heavy atom. The number of hydrogen-bond acceptors (Lipinski definition) is 0. The average Bonchev–Trinajstić information content (AvgIpc) is 2.26. The molecule has 1 saturated carbocycles. The molecule has 16 heavy (non-hydrogen) atoms. The van der Waals surface area contributed by atoms with Gasteiger partial charge < -0.3 is 0 Å². The molecule has 0 nitrogen and oxygen atoms in total. The summed E-state index contributed by atoms with van der Waals surface area (Å²) in [6.07, 6.45) is 4.94. The smallest absolute Gasteiger partial charge is 0.0228 e. The van der Waals surface area contributed by atoms with Crippen molar-refractivity contribution in [3.05, 3.63) is 12.2 Å². The van der Waals surface area contributed by atoms with Gasteiger partial charge in [-0.25, -0.2) is 0 Å².